The molecule has 0 bridgehead atoms. The predicted octanol–water partition coefficient (Wildman–Crippen LogP) is 1.50. The lowest BCUT2D eigenvalue weighted by Gasteiger charge is -2.06. The fraction of sp³-hybridized carbons (Fsp3) is 0.357. The third-order valence-corrected chi connectivity index (χ3v) is 2.95. The number of rotatable bonds is 5. The van der Waals surface area contributed by atoms with Crippen molar-refractivity contribution in [3.63, 3.8) is 0 Å². The number of nitrogens with zero attached hydrogens (tertiary/aromatic N) is 3. The summed E-state index contributed by atoms with van der Waals surface area (Å²) >= 11 is 0. The molecule has 1 aromatic carbocycles. The smallest absolute Gasteiger partial charge is 0.338 e. The lowest BCUT2D eigenvalue weighted by molar-refractivity contribution is 0.0526. The molecular weight excluding hydrogens is 258 g/mol. The molecule has 0 aliphatic rings. The van der Waals surface area contributed by atoms with Crippen LogP contribution in [0.3, 0.4) is 0 Å². The molecule has 0 aliphatic heterocycles. The van der Waals surface area contributed by atoms with Gasteiger partial charge in [-0.2, -0.15) is 0 Å². The molecule has 0 saturated carbocycles. The average molecular weight is 275 g/mol. The minimum Gasteiger partial charge on any atom is -0.462 e. The summed E-state index contributed by atoms with van der Waals surface area (Å²) in [5, 5.41) is 17.2. The van der Waals surface area contributed by atoms with Gasteiger partial charge in [-0.3, -0.25) is 0 Å². The number of ether oxygens (including phenoxy) is 1. The molecule has 1 N–H and O–H groups in total. The molecule has 1 heterocycles. The maximum absolute atomic E-state index is 11.6. The Morgan fingerprint density at radius 1 is 1.30 bits per heavy atom. The Balaban J connectivity index is 2.30. The van der Waals surface area contributed by atoms with Crippen LogP contribution >= 0.6 is 0 Å². The van der Waals surface area contributed by atoms with E-state index in [1.165, 1.54) is 0 Å². The van der Waals surface area contributed by atoms with Gasteiger partial charge in [-0.05, 0) is 37.6 Å². The summed E-state index contributed by atoms with van der Waals surface area (Å²) in [6.07, 6.45) is 0.711. The number of carbonyl (C=O) groups excluding carboxylic acids is 1. The number of benzene rings is 1. The van der Waals surface area contributed by atoms with Crippen molar-refractivity contribution < 1.29 is 14.6 Å². The molecule has 0 saturated heterocycles. The molecule has 0 aliphatic carbocycles. The first kappa shape index (κ1) is 14.2. The van der Waals surface area contributed by atoms with E-state index in [2.05, 4.69) is 10.3 Å². The van der Waals surface area contributed by atoms with Crippen LogP contribution in [-0.4, -0.2) is 32.7 Å². The lowest BCUT2D eigenvalue weighted by Crippen LogP contribution is -2.06. The van der Waals surface area contributed by atoms with Crippen molar-refractivity contribution in [3.8, 4) is 5.69 Å². The first-order valence-corrected chi connectivity index (χ1v) is 6.53. The number of hydrogen-bond donors (Lipinski definition) is 1. The van der Waals surface area contributed by atoms with Gasteiger partial charge in [-0.15, -0.1) is 5.10 Å². The van der Waals surface area contributed by atoms with Gasteiger partial charge in [0.05, 0.1) is 30.2 Å². The van der Waals surface area contributed by atoms with Gasteiger partial charge in [0.1, 0.15) is 5.69 Å². The molecule has 0 fully saturated rings. The van der Waals surface area contributed by atoms with Crippen LogP contribution in [-0.2, 0) is 17.8 Å². The SMILES string of the molecule is CCOC(=O)c1ccc(-n2nnc(CO)c2CC)cc1. The first-order valence-electron chi connectivity index (χ1n) is 6.53. The highest BCUT2D eigenvalue weighted by molar-refractivity contribution is 5.89. The minimum absolute atomic E-state index is 0.135. The molecule has 0 unspecified atom stereocenters. The summed E-state index contributed by atoms with van der Waals surface area (Å²) in [6.45, 7) is 3.96. The van der Waals surface area contributed by atoms with Crippen molar-refractivity contribution in [2.75, 3.05) is 6.61 Å². The second kappa shape index (κ2) is 6.29. The van der Waals surface area contributed by atoms with Gasteiger partial charge < -0.3 is 9.84 Å². The Hall–Kier alpha value is -2.21. The van der Waals surface area contributed by atoms with Gasteiger partial charge >= 0.3 is 5.97 Å². The van der Waals surface area contributed by atoms with Crippen LogP contribution in [0.25, 0.3) is 5.69 Å². The Kier molecular flexibility index (Phi) is 4.47. The zero-order valence-electron chi connectivity index (χ0n) is 11.5. The highest BCUT2D eigenvalue weighted by atomic mass is 16.5. The average Bonchev–Trinajstić information content (AvgIpc) is 2.90. The van der Waals surface area contributed by atoms with Gasteiger partial charge in [0, 0.05) is 0 Å². The van der Waals surface area contributed by atoms with E-state index in [4.69, 9.17) is 4.74 Å². The molecule has 1 aromatic heterocycles. The number of aliphatic hydroxyl groups excluding tert-OH is 1. The Labute approximate surface area is 117 Å². The molecule has 6 nitrogen and oxygen atoms in total. The predicted molar refractivity (Wildman–Crippen MR) is 72.6 cm³/mol. The van der Waals surface area contributed by atoms with Gasteiger partial charge in [0.25, 0.3) is 0 Å². The van der Waals surface area contributed by atoms with Gasteiger partial charge in [0.15, 0.2) is 0 Å². The summed E-state index contributed by atoms with van der Waals surface area (Å²) in [6, 6.07) is 6.93. The molecule has 6 heteroatoms. The molecule has 0 amide bonds. The van der Waals surface area contributed by atoms with Crippen molar-refractivity contribution in [1.29, 1.82) is 0 Å². The summed E-state index contributed by atoms with van der Waals surface area (Å²) in [5.74, 6) is -0.343. The summed E-state index contributed by atoms with van der Waals surface area (Å²) in [5.41, 5.74) is 2.72. The minimum atomic E-state index is -0.343. The van der Waals surface area contributed by atoms with E-state index in [0.29, 0.717) is 24.3 Å². The molecule has 106 valence electrons. The van der Waals surface area contributed by atoms with E-state index in [9.17, 15) is 9.90 Å². The van der Waals surface area contributed by atoms with Crippen molar-refractivity contribution in [3.05, 3.63) is 41.2 Å². The van der Waals surface area contributed by atoms with Crippen LogP contribution < -0.4 is 0 Å². The van der Waals surface area contributed by atoms with E-state index in [1.54, 1.807) is 35.9 Å². The Morgan fingerprint density at radius 3 is 2.55 bits per heavy atom. The van der Waals surface area contributed by atoms with Crippen molar-refractivity contribution in [2.45, 2.75) is 26.9 Å². The van der Waals surface area contributed by atoms with Crippen LogP contribution in [0.1, 0.15) is 35.6 Å². The topological polar surface area (TPSA) is 77.2 Å². The van der Waals surface area contributed by atoms with Crippen LogP contribution in [0.15, 0.2) is 24.3 Å². The Morgan fingerprint density at radius 2 is 2.00 bits per heavy atom. The number of hydrogen-bond acceptors (Lipinski definition) is 5. The first-order chi connectivity index (χ1) is 9.71. The highest BCUT2D eigenvalue weighted by Gasteiger charge is 2.12. The van der Waals surface area contributed by atoms with Gasteiger partial charge in [0.2, 0.25) is 0 Å². The summed E-state index contributed by atoms with van der Waals surface area (Å²) in [4.78, 5) is 11.6. The molecule has 0 radical (unpaired) electrons. The molecule has 0 atom stereocenters. The zero-order chi connectivity index (χ0) is 14.5. The summed E-state index contributed by atoms with van der Waals surface area (Å²) < 4.78 is 6.60. The molecule has 2 aromatic rings. The fourth-order valence-electron chi connectivity index (χ4n) is 1.97. The lowest BCUT2D eigenvalue weighted by atomic mass is 10.2. The number of esters is 1. The third kappa shape index (κ3) is 2.70. The van der Waals surface area contributed by atoms with E-state index in [0.717, 1.165) is 11.4 Å². The fourth-order valence-corrected chi connectivity index (χ4v) is 1.97. The van der Waals surface area contributed by atoms with Crippen LogP contribution in [0.2, 0.25) is 0 Å². The van der Waals surface area contributed by atoms with Crippen molar-refractivity contribution >= 4 is 5.97 Å². The van der Waals surface area contributed by atoms with E-state index in [1.807, 2.05) is 6.92 Å². The largest absolute Gasteiger partial charge is 0.462 e. The Bertz CT molecular complexity index is 590. The van der Waals surface area contributed by atoms with Crippen molar-refractivity contribution in [2.24, 2.45) is 0 Å². The van der Waals surface area contributed by atoms with Crippen LogP contribution in [0.5, 0.6) is 0 Å². The van der Waals surface area contributed by atoms with E-state index < -0.39 is 0 Å². The third-order valence-electron chi connectivity index (χ3n) is 2.95. The zero-order valence-corrected chi connectivity index (χ0v) is 11.5. The standard InChI is InChI=1S/C14H17N3O3/c1-3-13-12(9-18)15-16-17(13)11-7-5-10(6-8-11)14(19)20-4-2/h5-8,18H,3-4,9H2,1-2H3. The second-order valence-corrected chi connectivity index (χ2v) is 4.17. The number of carbonyl (C=O) groups is 1. The van der Waals surface area contributed by atoms with Crippen LogP contribution in [0.4, 0.5) is 0 Å². The van der Waals surface area contributed by atoms with Gasteiger partial charge in [-0.25, -0.2) is 9.48 Å². The van der Waals surface area contributed by atoms with E-state index in [-0.39, 0.29) is 12.6 Å². The maximum Gasteiger partial charge on any atom is 0.338 e. The molecular formula is C14H17N3O3. The van der Waals surface area contributed by atoms with Crippen molar-refractivity contribution in [1.82, 2.24) is 15.0 Å². The second-order valence-electron chi connectivity index (χ2n) is 4.17. The monoisotopic (exact) mass is 275 g/mol. The molecule has 2 rings (SSSR count). The quantitative estimate of drug-likeness (QED) is 0.837. The molecule has 20 heavy (non-hydrogen) atoms. The highest BCUT2D eigenvalue weighted by Crippen LogP contribution is 2.15. The number of aromatic nitrogens is 3. The number of aliphatic hydroxyl groups is 1. The van der Waals surface area contributed by atoms with Crippen LogP contribution in [0, 0.1) is 0 Å². The normalized spacial score (nSPS) is 10.6. The maximum atomic E-state index is 11.6. The van der Waals surface area contributed by atoms with E-state index >= 15 is 0 Å². The van der Waals surface area contributed by atoms with Gasteiger partial charge in [-0.1, -0.05) is 12.1 Å². The molecule has 0 spiro atoms. The summed E-state index contributed by atoms with van der Waals surface area (Å²) in [7, 11) is 0.